The highest BCUT2D eigenvalue weighted by molar-refractivity contribution is 7.89. The van der Waals surface area contributed by atoms with E-state index in [1.807, 2.05) is 0 Å². The lowest BCUT2D eigenvalue weighted by Crippen LogP contribution is -2.56. The van der Waals surface area contributed by atoms with Gasteiger partial charge in [-0.2, -0.15) is 4.31 Å². The average Bonchev–Trinajstić information content (AvgIpc) is 3.05. The Labute approximate surface area is 148 Å². The van der Waals surface area contributed by atoms with Crippen LogP contribution in [0.5, 0.6) is 11.5 Å². The fraction of sp³-hybridized carbons (Fsp3) is 0.333. The van der Waals surface area contributed by atoms with E-state index in [2.05, 4.69) is 10.3 Å². The highest BCUT2D eigenvalue weighted by atomic mass is 32.2. The van der Waals surface area contributed by atoms with Crippen molar-refractivity contribution in [1.29, 1.82) is 0 Å². The SMILES string of the molecule is O=C(Nc1nccs1)C1CCN1S(=O)(=O)c1ccc2c(c1)OCCO2. The molecule has 0 radical (unpaired) electrons. The number of carbonyl (C=O) groups excluding carboxylic acids is 1. The van der Waals surface area contributed by atoms with Crippen LogP contribution in [0.25, 0.3) is 0 Å². The third-order valence-electron chi connectivity index (χ3n) is 4.06. The first-order valence-corrected chi connectivity index (χ1v) is 9.99. The minimum absolute atomic E-state index is 0.0866. The first kappa shape index (κ1) is 16.3. The van der Waals surface area contributed by atoms with Crippen LogP contribution in [0.15, 0.2) is 34.7 Å². The van der Waals surface area contributed by atoms with Crippen molar-refractivity contribution in [2.24, 2.45) is 0 Å². The lowest BCUT2D eigenvalue weighted by molar-refractivity contribution is -0.122. The van der Waals surface area contributed by atoms with E-state index in [0.29, 0.717) is 42.8 Å². The van der Waals surface area contributed by atoms with Gasteiger partial charge in [0.1, 0.15) is 19.3 Å². The summed E-state index contributed by atoms with van der Waals surface area (Å²) in [7, 11) is -3.79. The van der Waals surface area contributed by atoms with Crippen molar-refractivity contribution >= 4 is 32.4 Å². The summed E-state index contributed by atoms with van der Waals surface area (Å²) >= 11 is 1.28. The maximum atomic E-state index is 12.9. The number of nitrogens with zero attached hydrogens (tertiary/aromatic N) is 2. The summed E-state index contributed by atoms with van der Waals surface area (Å²) < 4.78 is 37.8. The number of anilines is 1. The van der Waals surface area contributed by atoms with E-state index in [0.717, 1.165) is 0 Å². The third-order valence-corrected chi connectivity index (χ3v) is 6.65. The third kappa shape index (κ3) is 2.96. The number of amides is 1. The molecule has 1 aromatic heterocycles. The molecule has 1 atom stereocenters. The van der Waals surface area contributed by atoms with Gasteiger partial charge in [-0.15, -0.1) is 11.3 Å². The molecule has 3 heterocycles. The number of aromatic nitrogens is 1. The van der Waals surface area contributed by atoms with Crippen LogP contribution in [0.3, 0.4) is 0 Å². The summed E-state index contributed by atoms with van der Waals surface area (Å²) in [6, 6.07) is 3.75. The minimum Gasteiger partial charge on any atom is -0.486 e. The number of rotatable bonds is 4. The van der Waals surface area contributed by atoms with Crippen molar-refractivity contribution in [1.82, 2.24) is 9.29 Å². The van der Waals surface area contributed by atoms with E-state index in [4.69, 9.17) is 9.47 Å². The number of carbonyl (C=O) groups is 1. The van der Waals surface area contributed by atoms with Crippen LogP contribution in [-0.2, 0) is 14.8 Å². The second-order valence-corrected chi connectivity index (χ2v) is 8.34. The monoisotopic (exact) mass is 381 g/mol. The van der Waals surface area contributed by atoms with E-state index in [1.54, 1.807) is 17.6 Å². The van der Waals surface area contributed by atoms with Crippen molar-refractivity contribution < 1.29 is 22.7 Å². The number of nitrogens with one attached hydrogen (secondary N) is 1. The van der Waals surface area contributed by atoms with Crippen LogP contribution >= 0.6 is 11.3 Å². The fourth-order valence-corrected chi connectivity index (χ4v) is 4.89. The number of hydrogen-bond acceptors (Lipinski definition) is 7. The molecule has 1 aromatic carbocycles. The molecule has 2 aliphatic rings. The minimum atomic E-state index is -3.79. The highest BCUT2D eigenvalue weighted by Gasteiger charge is 2.43. The molecule has 2 aliphatic heterocycles. The zero-order valence-electron chi connectivity index (χ0n) is 13.0. The van der Waals surface area contributed by atoms with E-state index >= 15 is 0 Å². The van der Waals surface area contributed by atoms with Gasteiger partial charge in [0.2, 0.25) is 15.9 Å². The zero-order chi connectivity index (χ0) is 17.4. The Morgan fingerprint density at radius 3 is 2.76 bits per heavy atom. The lowest BCUT2D eigenvalue weighted by atomic mass is 10.1. The number of ether oxygens (including phenoxy) is 2. The molecule has 25 heavy (non-hydrogen) atoms. The molecule has 1 unspecified atom stereocenters. The number of fused-ring (bicyclic) bond motifs is 1. The largest absolute Gasteiger partial charge is 0.486 e. The zero-order valence-corrected chi connectivity index (χ0v) is 14.7. The standard InChI is InChI=1S/C15H15N3O5S2/c19-14(17-15-16-4-8-24-15)11-3-5-18(11)25(20,21)10-1-2-12-13(9-10)23-7-6-22-12/h1-2,4,8-9,11H,3,5-7H2,(H,16,17,19). The molecule has 0 saturated carbocycles. The van der Waals surface area contributed by atoms with Gasteiger partial charge in [-0.25, -0.2) is 13.4 Å². The molecule has 0 spiro atoms. The smallest absolute Gasteiger partial charge is 0.244 e. The van der Waals surface area contributed by atoms with Crippen molar-refractivity contribution in [2.75, 3.05) is 25.1 Å². The molecular formula is C15H15N3O5S2. The summed E-state index contributed by atoms with van der Waals surface area (Å²) in [5.41, 5.74) is 0. The molecule has 1 N–H and O–H groups in total. The molecule has 0 bridgehead atoms. The van der Waals surface area contributed by atoms with E-state index in [1.165, 1.54) is 27.8 Å². The molecule has 0 aliphatic carbocycles. The van der Waals surface area contributed by atoms with Gasteiger partial charge in [0, 0.05) is 24.2 Å². The van der Waals surface area contributed by atoms with Crippen LogP contribution < -0.4 is 14.8 Å². The first-order chi connectivity index (χ1) is 12.1. The first-order valence-electron chi connectivity index (χ1n) is 7.67. The quantitative estimate of drug-likeness (QED) is 0.858. The van der Waals surface area contributed by atoms with Crippen molar-refractivity contribution in [3.05, 3.63) is 29.8 Å². The summed E-state index contributed by atoms with van der Waals surface area (Å²) in [6.45, 7) is 1.11. The van der Waals surface area contributed by atoms with Gasteiger partial charge in [0.15, 0.2) is 16.6 Å². The van der Waals surface area contributed by atoms with Gasteiger partial charge in [0.25, 0.3) is 0 Å². The number of sulfonamides is 1. The molecule has 1 amide bonds. The Morgan fingerprint density at radius 2 is 2.08 bits per heavy atom. The number of benzene rings is 1. The van der Waals surface area contributed by atoms with Crippen LogP contribution in [0.2, 0.25) is 0 Å². The Kier molecular flexibility index (Phi) is 4.10. The van der Waals surface area contributed by atoms with Gasteiger partial charge in [-0.3, -0.25) is 4.79 Å². The maximum absolute atomic E-state index is 12.9. The van der Waals surface area contributed by atoms with Crippen molar-refractivity contribution in [3.8, 4) is 11.5 Å². The Balaban J connectivity index is 1.55. The summed E-state index contributed by atoms with van der Waals surface area (Å²) in [5, 5.41) is 4.83. The summed E-state index contributed by atoms with van der Waals surface area (Å²) in [6.07, 6.45) is 2.05. The molecule has 1 fully saturated rings. The molecular weight excluding hydrogens is 366 g/mol. The Morgan fingerprint density at radius 1 is 1.28 bits per heavy atom. The van der Waals surface area contributed by atoms with Gasteiger partial charge >= 0.3 is 0 Å². The second-order valence-electron chi connectivity index (χ2n) is 5.55. The molecule has 132 valence electrons. The topological polar surface area (TPSA) is 97.8 Å². The second kappa shape index (κ2) is 6.28. The molecule has 4 rings (SSSR count). The molecule has 8 nitrogen and oxygen atoms in total. The van der Waals surface area contributed by atoms with Crippen molar-refractivity contribution in [3.63, 3.8) is 0 Å². The highest BCUT2D eigenvalue weighted by Crippen LogP contribution is 2.35. The van der Waals surface area contributed by atoms with E-state index in [9.17, 15) is 13.2 Å². The summed E-state index contributed by atoms with van der Waals surface area (Å²) in [4.78, 5) is 16.4. The normalized spacial score (nSPS) is 19.9. The predicted octanol–water partition coefficient (Wildman–Crippen LogP) is 1.32. The molecule has 10 heteroatoms. The van der Waals surface area contributed by atoms with Crippen LogP contribution in [0.4, 0.5) is 5.13 Å². The number of thiazole rings is 1. The Hall–Kier alpha value is -2.17. The van der Waals surface area contributed by atoms with Gasteiger partial charge in [-0.05, 0) is 18.6 Å². The molecule has 1 saturated heterocycles. The van der Waals surface area contributed by atoms with E-state index < -0.39 is 16.1 Å². The summed E-state index contributed by atoms with van der Waals surface area (Å²) in [5.74, 6) is 0.547. The average molecular weight is 381 g/mol. The maximum Gasteiger partial charge on any atom is 0.244 e. The van der Waals surface area contributed by atoms with Crippen LogP contribution in [0.1, 0.15) is 6.42 Å². The molecule has 2 aromatic rings. The number of hydrogen-bond donors (Lipinski definition) is 1. The van der Waals surface area contributed by atoms with Gasteiger partial charge < -0.3 is 14.8 Å². The fourth-order valence-electron chi connectivity index (χ4n) is 2.71. The van der Waals surface area contributed by atoms with Gasteiger partial charge in [0.05, 0.1) is 4.90 Å². The lowest BCUT2D eigenvalue weighted by Gasteiger charge is -2.38. The Bertz CT molecular complexity index is 898. The van der Waals surface area contributed by atoms with Crippen LogP contribution in [-0.4, -0.2) is 49.4 Å². The van der Waals surface area contributed by atoms with Crippen LogP contribution in [0, 0.1) is 0 Å². The van der Waals surface area contributed by atoms with Gasteiger partial charge in [-0.1, -0.05) is 0 Å². The predicted molar refractivity (Wildman–Crippen MR) is 90.5 cm³/mol. The van der Waals surface area contributed by atoms with E-state index in [-0.39, 0.29) is 10.8 Å². The van der Waals surface area contributed by atoms with Crippen molar-refractivity contribution in [2.45, 2.75) is 17.4 Å².